The van der Waals surface area contributed by atoms with Crippen LogP contribution in [0.5, 0.6) is 0 Å². The lowest BCUT2D eigenvalue weighted by molar-refractivity contribution is 1.28. The number of rotatable bonds is 7. The molecule has 0 saturated heterocycles. The maximum atomic E-state index is 2.38. The zero-order chi connectivity index (χ0) is 36.6. The van der Waals surface area contributed by atoms with E-state index in [1.807, 2.05) is 0 Å². The summed E-state index contributed by atoms with van der Waals surface area (Å²) in [6, 6.07) is 81.5. The summed E-state index contributed by atoms with van der Waals surface area (Å²) in [5, 5.41) is 7.50. The van der Waals surface area contributed by atoms with Gasteiger partial charge in [0.1, 0.15) is 0 Å². The molecule has 0 radical (unpaired) electrons. The molecule has 0 unspecified atom stereocenters. The Kier molecular flexibility index (Phi) is 8.24. The van der Waals surface area contributed by atoms with E-state index < -0.39 is 0 Å². The van der Waals surface area contributed by atoms with Crippen LogP contribution >= 0.6 is 0 Å². The number of benzene rings is 10. The fraction of sp³-hybridized carbons (Fsp3) is 0. The molecule has 258 valence electrons. The van der Waals surface area contributed by atoms with E-state index in [2.05, 4.69) is 229 Å². The van der Waals surface area contributed by atoms with Crippen molar-refractivity contribution in [3.63, 3.8) is 0 Å². The van der Waals surface area contributed by atoms with Crippen molar-refractivity contribution in [3.05, 3.63) is 224 Å². The minimum atomic E-state index is 1.10. The summed E-state index contributed by atoms with van der Waals surface area (Å²) in [6.45, 7) is 0. The van der Waals surface area contributed by atoms with Crippen LogP contribution in [0.4, 0.5) is 17.1 Å². The van der Waals surface area contributed by atoms with Crippen LogP contribution in [0.2, 0.25) is 0 Å². The molecule has 10 rings (SSSR count). The minimum Gasteiger partial charge on any atom is -0.310 e. The fourth-order valence-corrected chi connectivity index (χ4v) is 8.14. The highest BCUT2D eigenvalue weighted by Gasteiger charge is 2.16. The van der Waals surface area contributed by atoms with Gasteiger partial charge in [-0.3, -0.25) is 0 Å². The van der Waals surface area contributed by atoms with Gasteiger partial charge < -0.3 is 4.90 Å². The van der Waals surface area contributed by atoms with Crippen LogP contribution in [0.25, 0.3) is 76.8 Å². The van der Waals surface area contributed by atoms with Gasteiger partial charge in [0.25, 0.3) is 0 Å². The normalized spacial score (nSPS) is 11.3. The monoisotopic (exact) mass is 699 g/mol. The molecule has 10 aromatic carbocycles. The lowest BCUT2D eigenvalue weighted by Gasteiger charge is -2.27. The molecule has 0 heterocycles. The molecule has 0 aliphatic carbocycles. The first-order valence-corrected chi connectivity index (χ1v) is 18.9. The van der Waals surface area contributed by atoms with Gasteiger partial charge in [0.15, 0.2) is 0 Å². The van der Waals surface area contributed by atoms with Crippen LogP contribution in [-0.4, -0.2) is 0 Å². The average Bonchev–Trinajstić information content (AvgIpc) is 3.26. The van der Waals surface area contributed by atoms with E-state index in [0.29, 0.717) is 0 Å². The van der Waals surface area contributed by atoms with E-state index >= 15 is 0 Å². The zero-order valence-electron chi connectivity index (χ0n) is 30.3. The maximum absolute atomic E-state index is 2.38. The van der Waals surface area contributed by atoms with Crippen molar-refractivity contribution in [2.24, 2.45) is 0 Å². The molecule has 10 aromatic rings. The molecule has 55 heavy (non-hydrogen) atoms. The van der Waals surface area contributed by atoms with Crippen molar-refractivity contribution in [2.75, 3.05) is 4.90 Å². The summed E-state index contributed by atoms with van der Waals surface area (Å²) in [4.78, 5) is 2.38. The number of nitrogens with zero attached hydrogens (tertiary/aromatic N) is 1. The zero-order valence-corrected chi connectivity index (χ0v) is 30.3. The van der Waals surface area contributed by atoms with Crippen LogP contribution in [0.1, 0.15) is 0 Å². The largest absolute Gasteiger partial charge is 0.310 e. The quantitative estimate of drug-likeness (QED) is 0.160. The van der Waals surface area contributed by atoms with E-state index in [1.165, 1.54) is 76.8 Å². The third-order valence-corrected chi connectivity index (χ3v) is 10.9. The summed E-state index contributed by atoms with van der Waals surface area (Å²) >= 11 is 0. The minimum absolute atomic E-state index is 1.10. The molecule has 0 amide bonds. The first-order valence-electron chi connectivity index (χ1n) is 18.9. The van der Waals surface area contributed by atoms with Crippen LogP contribution in [0, 0.1) is 0 Å². The van der Waals surface area contributed by atoms with Gasteiger partial charge >= 0.3 is 0 Å². The van der Waals surface area contributed by atoms with Gasteiger partial charge in [0, 0.05) is 17.1 Å². The Morgan fingerprint density at radius 1 is 0.218 bits per heavy atom. The van der Waals surface area contributed by atoms with E-state index in [4.69, 9.17) is 0 Å². The molecular weight excluding hydrogens is 663 g/mol. The van der Waals surface area contributed by atoms with Crippen molar-refractivity contribution >= 4 is 49.4 Å². The SMILES string of the molecule is c1cc(-c2cccc3ccccc23)cc(N(c2ccc(-c3ccccc3-c3ccc4ccccc4c3)cc2)c2ccc(-c3cccc4ccccc34)cc2)c1. The number of hydrogen-bond donors (Lipinski definition) is 0. The van der Waals surface area contributed by atoms with Crippen molar-refractivity contribution in [1.82, 2.24) is 0 Å². The van der Waals surface area contributed by atoms with Gasteiger partial charge in [0.05, 0.1) is 0 Å². The fourth-order valence-electron chi connectivity index (χ4n) is 8.14. The molecule has 0 aliphatic rings. The van der Waals surface area contributed by atoms with Crippen molar-refractivity contribution in [1.29, 1.82) is 0 Å². The molecule has 1 nitrogen and oxygen atoms in total. The van der Waals surface area contributed by atoms with Crippen LogP contribution in [0.15, 0.2) is 224 Å². The van der Waals surface area contributed by atoms with E-state index in [9.17, 15) is 0 Å². The third kappa shape index (κ3) is 6.12. The Morgan fingerprint density at radius 2 is 0.636 bits per heavy atom. The lowest BCUT2D eigenvalue weighted by atomic mass is 9.93. The Balaban J connectivity index is 1.07. The van der Waals surface area contributed by atoms with Crippen molar-refractivity contribution in [2.45, 2.75) is 0 Å². The predicted octanol–water partition coefficient (Wildman–Crippen LogP) is 15.3. The number of anilines is 3. The first kappa shape index (κ1) is 32.4. The molecule has 0 N–H and O–H groups in total. The Hall–Kier alpha value is -7.22. The predicted molar refractivity (Wildman–Crippen MR) is 235 cm³/mol. The maximum Gasteiger partial charge on any atom is 0.0467 e. The second-order valence-corrected chi connectivity index (χ2v) is 14.1. The summed E-state index contributed by atoms with van der Waals surface area (Å²) in [5.74, 6) is 0. The Bertz CT molecular complexity index is 2960. The number of hydrogen-bond acceptors (Lipinski definition) is 1. The van der Waals surface area contributed by atoms with Crippen molar-refractivity contribution in [3.8, 4) is 44.5 Å². The van der Waals surface area contributed by atoms with Gasteiger partial charge in [-0.15, -0.1) is 0 Å². The molecule has 1 heteroatoms. The van der Waals surface area contributed by atoms with Gasteiger partial charge in [0.2, 0.25) is 0 Å². The highest BCUT2D eigenvalue weighted by atomic mass is 15.1. The molecular formula is C54H37N. The molecule has 0 bridgehead atoms. The smallest absolute Gasteiger partial charge is 0.0467 e. The standard InChI is InChI=1S/C54H37N/c1-2-15-43-36-45(27-26-38(43)12-1)53-23-8-7-22-51(53)41-28-32-46(33-29-41)55(47-34-30-42(31-35-47)52-24-10-16-39-13-3-5-20-49(39)52)48-19-9-18-44(37-48)54-25-11-17-40-14-4-6-21-50(40)54/h1-37H. The molecule has 0 spiro atoms. The van der Waals surface area contributed by atoms with Gasteiger partial charge in [-0.05, 0) is 119 Å². The molecule has 0 aliphatic heterocycles. The summed E-state index contributed by atoms with van der Waals surface area (Å²) < 4.78 is 0. The third-order valence-electron chi connectivity index (χ3n) is 10.9. The molecule has 0 fully saturated rings. The van der Waals surface area contributed by atoms with Crippen molar-refractivity contribution < 1.29 is 0 Å². The molecule has 0 aromatic heterocycles. The van der Waals surface area contributed by atoms with E-state index in [1.54, 1.807) is 0 Å². The van der Waals surface area contributed by atoms with Crippen LogP contribution in [0.3, 0.4) is 0 Å². The highest BCUT2D eigenvalue weighted by Crippen LogP contribution is 2.41. The average molecular weight is 700 g/mol. The van der Waals surface area contributed by atoms with Gasteiger partial charge in [-0.25, -0.2) is 0 Å². The Labute approximate surface area is 322 Å². The Morgan fingerprint density at radius 3 is 1.27 bits per heavy atom. The summed E-state index contributed by atoms with van der Waals surface area (Å²) in [6.07, 6.45) is 0. The van der Waals surface area contributed by atoms with Crippen LogP contribution in [-0.2, 0) is 0 Å². The highest BCUT2D eigenvalue weighted by molar-refractivity contribution is 5.99. The van der Waals surface area contributed by atoms with Gasteiger partial charge in [-0.1, -0.05) is 182 Å². The van der Waals surface area contributed by atoms with E-state index in [-0.39, 0.29) is 0 Å². The summed E-state index contributed by atoms with van der Waals surface area (Å²) in [7, 11) is 0. The second kappa shape index (κ2) is 14.0. The first-order chi connectivity index (χ1) is 27.3. The topological polar surface area (TPSA) is 3.24 Å². The lowest BCUT2D eigenvalue weighted by Crippen LogP contribution is -2.10. The number of fused-ring (bicyclic) bond motifs is 3. The van der Waals surface area contributed by atoms with Gasteiger partial charge in [-0.2, -0.15) is 0 Å². The van der Waals surface area contributed by atoms with Crippen LogP contribution < -0.4 is 4.90 Å². The molecule has 0 saturated carbocycles. The second-order valence-electron chi connectivity index (χ2n) is 14.1. The molecule has 0 atom stereocenters. The van der Waals surface area contributed by atoms with E-state index in [0.717, 1.165) is 17.1 Å². The summed E-state index contributed by atoms with van der Waals surface area (Å²) in [5.41, 5.74) is 13.0.